The Morgan fingerprint density at radius 3 is 2.56 bits per heavy atom. The summed E-state index contributed by atoms with van der Waals surface area (Å²) in [7, 11) is 0. The van der Waals surface area contributed by atoms with Gasteiger partial charge in [0.1, 0.15) is 0 Å². The van der Waals surface area contributed by atoms with E-state index >= 15 is 0 Å². The smallest absolute Gasteiger partial charge is 0.0672 e. The first-order valence-electron chi connectivity index (χ1n) is 6.38. The SMILES string of the molecule is Cc1cc(C)c2c(c1)N=CC21CCCCC1. The van der Waals surface area contributed by atoms with Gasteiger partial charge in [0, 0.05) is 11.6 Å². The summed E-state index contributed by atoms with van der Waals surface area (Å²) < 4.78 is 0. The molecule has 1 aromatic carbocycles. The summed E-state index contributed by atoms with van der Waals surface area (Å²) in [6.45, 7) is 4.41. The van der Waals surface area contributed by atoms with Crippen LogP contribution in [0, 0.1) is 13.8 Å². The van der Waals surface area contributed by atoms with Crippen molar-refractivity contribution in [2.24, 2.45) is 4.99 Å². The zero-order valence-electron chi connectivity index (χ0n) is 10.2. The van der Waals surface area contributed by atoms with Gasteiger partial charge in [-0.05, 0) is 49.4 Å². The van der Waals surface area contributed by atoms with Crippen LogP contribution < -0.4 is 0 Å². The monoisotopic (exact) mass is 213 g/mol. The number of nitrogens with zero attached hydrogens (tertiary/aromatic N) is 1. The maximum atomic E-state index is 4.67. The molecule has 1 nitrogen and oxygen atoms in total. The largest absolute Gasteiger partial charge is 0.260 e. The van der Waals surface area contributed by atoms with Gasteiger partial charge < -0.3 is 0 Å². The second kappa shape index (κ2) is 3.44. The number of rotatable bonds is 0. The van der Waals surface area contributed by atoms with Crippen LogP contribution in [0.5, 0.6) is 0 Å². The maximum Gasteiger partial charge on any atom is 0.0672 e. The Kier molecular flexibility index (Phi) is 2.17. The normalized spacial score (nSPS) is 21.4. The summed E-state index contributed by atoms with van der Waals surface area (Å²) in [5, 5.41) is 0. The first-order chi connectivity index (χ1) is 7.71. The minimum absolute atomic E-state index is 0.297. The van der Waals surface area contributed by atoms with E-state index in [0.717, 1.165) is 0 Å². The third-order valence-corrected chi connectivity index (χ3v) is 4.15. The molecule has 0 N–H and O–H groups in total. The molecule has 1 aromatic rings. The number of benzene rings is 1. The lowest BCUT2D eigenvalue weighted by Gasteiger charge is -2.33. The van der Waals surface area contributed by atoms with Gasteiger partial charge >= 0.3 is 0 Å². The fourth-order valence-electron chi connectivity index (χ4n) is 3.51. The first-order valence-corrected chi connectivity index (χ1v) is 6.38. The summed E-state index contributed by atoms with van der Waals surface area (Å²) in [5.74, 6) is 0. The number of hydrogen-bond donors (Lipinski definition) is 0. The fourth-order valence-corrected chi connectivity index (χ4v) is 3.51. The Labute approximate surface area is 97.6 Å². The molecule has 0 atom stereocenters. The van der Waals surface area contributed by atoms with Gasteiger partial charge in [0.15, 0.2) is 0 Å². The van der Waals surface area contributed by atoms with Crippen LogP contribution in [0.15, 0.2) is 17.1 Å². The predicted octanol–water partition coefficient (Wildman–Crippen LogP) is 4.22. The Bertz CT molecular complexity index is 451. The molecule has 1 heterocycles. The fraction of sp³-hybridized carbons (Fsp3) is 0.533. The van der Waals surface area contributed by atoms with Gasteiger partial charge in [0.2, 0.25) is 0 Å². The Hall–Kier alpha value is -1.11. The van der Waals surface area contributed by atoms with Crippen molar-refractivity contribution in [2.75, 3.05) is 0 Å². The number of aliphatic imine (C=N–C) groups is 1. The molecule has 1 heteroatoms. The van der Waals surface area contributed by atoms with Crippen LogP contribution in [0.25, 0.3) is 0 Å². The van der Waals surface area contributed by atoms with E-state index in [0.29, 0.717) is 5.41 Å². The molecule has 0 unspecified atom stereocenters. The van der Waals surface area contributed by atoms with Crippen LogP contribution in [0.4, 0.5) is 5.69 Å². The Morgan fingerprint density at radius 1 is 1.06 bits per heavy atom. The van der Waals surface area contributed by atoms with Crippen LogP contribution in [0.3, 0.4) is 0 Å². The van der Waals surface area contributed by atoms with Crippen LogP contribution >= 0.6 is 0 Å². The van der Waals surface area contributed by atoms with Crippen molar-refractivity contribution in [1.29, 1.82) is 0 Å². The average Bonchev–Trinajstić information content (AvgIpc) is 2.58. The number of aryl methyl sites for hydroxylation is 2. The van der Waals surface area contributed by atoms with Gasteiger partial charge in [-0.2, -0.15) is 0 Å². The van der Waals surface area contributed by atoms with E-state index in [1.807, 2.05) is 0 Å². The van der Waals surface area contributed by atoms with E-state index in [1.165, 1.54) is 54.5 Å². The van der Waals surface area contributed by atoms with Gasteiger partial charge in [-0.3, -0.25) is 4.99 Å². The molecule has 16 heavy (non-hydrogen) atoms. The third-order valence-electron chi connectivity index (χ3n) is 4.15. The molecule has 3 rings (SSSR count). The van der Waals surface area contributed by atoms with Crippen LogP contribution in [0.2, 0.25) is 0 Å². The van der Waals surface area contributed by atoms with Crippen molar-refractivity contribution in [3.8, 4) is 0 Å². The van der Waals surface area contributed by atoms with Gasteiger partial charge in [-0.15, -0.1) is 0 Å². The molecule has 0 bridgehead atoms. The second-order valence-corrected chi connectivity index (χ2v) is 5.45. The predicted molar refractivity (Wildman–Crippen MR) is 68.8 cm³/mol. The number of fused-ring (bicyclic) bond motifs is 2. The van der Waals surface area contributed by atoms with E-state index in [2.05, 4.69) is 37.2 Å². The minimum atomic E-state index is 0.297. The highest BCUT2D eigenvalue weighted by atomic mass is 14.8. The molecule has 1 aliphatic heterocycles. The molecule has 1 saturated carbocycles. The molecular formula is C15H19N. The third kappa shape index (κ3) is 1.34. The Morgan fingerprint density at radius 2 is 1.81 bits per heavy atom. The summed E-state index contributed by atoms with van der Waals surface area (Å²) >= 11 is 0. The zero-order valence-corrected chi connectivity index (χ0v) is 10.2. The molecule has 84 valence electrons. The molecule has 2 aliphatic rings. The maximum absolute atomic E-state index is 4.67. The van der Waals surface area contributed by atoms with Crippen LogP contribution in [-0.4, -0.2) is 6.21 Å². The lowest BCUT2D eigenvalue weighted by molar-refractivity contribution is 0.390. The van der Waals surface area contributed by atoms with E-state index in [-0.39, 0.29) is 0 Å². The Balaban J connectivity index is 2.14. The van der Waals surface area contributed by atoms with Crippen molar-refractivity contribution in [1.82, 2.24) is 0 Å². The standard InChI is InChI=1S/C15H19N/c1-11-8-12(2)14-13(9-11)16-10-15(14)6-4-3-5-7-15/h8-10H,3-7H2,1-2H3. The zero-order chi connectivity index (χ0) is 11.2. The molecule has 0 saturated heterocycles. The van der Waals surface area contributed by atoms with Gasteiger partial charge in [0.05, 0.1) is 5.69 Å². The molecule has 0 aromatic heterocycles. The molecular weight excluding hydrogens is 194 g/mol. The first kappa shape index (κ1) is 10.1. The summed E-state index contributed by atoms with van der Waals surface area (Å²) in [4.78, 5) is 4.67. The summed E-state index contributed by atoms with van der Waals surface area (Å²) in [6, 6.07) is 4.55. The van der Waals surface area contributed by atoms with Crippen molar-refractivity contribution in [2.45, 2.75) is 51.4 Å². The average molecular weight is 213 g/mol. The van der Waals surface area contributed by atoms with E-state index in [4.69, 9.17) is 0 Å². The lowest BCUT2D eigenvalue weighted by atomic mass is 9.69. The van der Waals surface area contributed by atoms with E-state index in [1.54, 1.807) is 0 Å². The molecule has 1 spiro atoms. The van der Waals surface area contributed by atoms with Crippen LogP contribution in [0.1, 0.15) is 48.8 Å². The second-order valence-electron chi connectivity index (χ2n) is 5.45. The van der Waals surface area contributed by atoms with Crippen molar-refractivity contribution in [3.63, 3.8) is 0 Å². The minimum Gasteiger partial charge on any atom is -0.260 e. The number of hydrogen-bond acceptors (Lipinski definition) is 1. The molecule has 1 fully saturated rings. The van der Waals surface area contributed by atoms with Gasteiger partial charge in [-0.25, -0.2) is 0 Å². The highest BCUT2D eigenvalue weighted by Gasteiger charge is 2.38. The molecule has 0 amide bonds. The lowest BCUT2D eigenvalue weighted by Crippen LogP contribution is -2.29. The highest BCUT2D eigenvalue weighted by Crippen LogP contribution is 2.47. The molecule has 0 radical (unpaired) electrons. The molecule has 1 aliphatic carbocycles. The highest BCUT2D eigenvalue weighted by molar-refractivity contribution is 5.86. The quantitative estimate of drug-likeness (QED) is 0.612. The summed E-state index contributed by atoms with van der Waals surface area (Å²) in [5.41, 5.74) is 5.83. The van der Waals surface area contributed by atoms with Crippen molar-refractivity contribution in [3.05, 3.63) is 28.8 Å². The van der Waals surface area contributed by atoms with E-state index < -0.39 is 0 Å². The van der Waals surface area contributed by atoms with Crippen molar-refractivity contribution >= 4 is 11.9 Å². The topological polar surface area (TPSA) is 12.4 Å². The van der Waals surface area contributed by atoms with Crippen LogP contribution in [-0.2, 0) is 5.41 Å². The van der Waals surface area contributed by atoms with Gasteiger partial charge in [0.25, 0.3) is 0 Å². The van der Waals surface area contributed by atoms with Gasteiger partial charge in [-0.1, -0.05) is 25.3 Å². The summed E-state index contributed by atoms with van der Waals surface area (Å²) in [6.07, 6.45) is 8.96. The van der Waals surface area contributed by atoms with E-state index in [9.17, 15) is 0 Å². The van der Waals surface area contributed by atoms with Crippen molar-refractivity contribution < 1.29 is 0 Å².